The third kappa shape index (κ3) is 7.48. The van der Waals surface area contributed by atoms with Gasteiger partial charge in [-0.1, -0.05) is 12.1 Å². The van der Waals surface area contributed by atoms with Crippen LogP contribution in [0, 0.1) is 0 Å². The smallest absolute Gasteiger partial charge is 0.254 e. The van der Waals surface area contributed by atoms with Crippen LogP contribution in [0.3, 0.4) is 0 Å². The van der Waals surface area contributed by atoms with Crippen molar-refractivity contribution in [1.82, 2.24) is 15.1 Å². The molecule has 2 atom stereocenters. The van der Waals surface area contributed by atoms with Gasteiger partial charge in [-0.05, 0) is 57.0 Å². The first kappa shape index (κ1) is 28.4. The molecule has 3 amide bonds. The number of benzene rings is 2. The molecule has 4 bridgehead atoms. The third-order valence-electron chi connectivity index (χ3n) is 6.62. The molecule has 1 N–H and O–H groups in total. The fraction of sp³-hybridized carbons (Fsp3) is 0.483. The highest BCUT2D eigenvalue weighted by molar-refractivity contribution is 5.97. The van der Waals surface area contributed by atoms with Crippen LogP contribution in [0.2, 0.25) is 0 Å². The fourth-order valence-electron chi connectivity index (χ4n) is 4.78. The average Bonchev–Trinajstić information content (AvgIpc) is 2.90. The van der Waals surface area contributed by atoms with Crippen LogP contribution in [0.25, 0.3) is 0 Å². The van der Waals surface area contributed by atoms with Crippen LogP contribution in [0.4, 0.5) is 0 Å². The van der Waals surface area contributed by atoms with Gasteiger partial charge in [0.25, 0.3) is 5.91 Å². The van der Waals surface area contributed by atoms with Gasteiger partial charge in [0.1, 0.15) is 23.9 Å². The van der Waals surface area contributed by atoms with Crippen molar-refractivity contribution in [2.24, 2.45) is 0 Å². The normalized spacial score (nSPS) is 20.2. The van der Waals surface area contributed by atoms with E-state index in [1.165, 1.54) is 12.0 Å². The fourth-order valence-corrected chi connectivity index (χ4v) is 4.78. The molecule has 10 heteroatoms. The number of piperidine rings is 1. The molecule has 2 aromatic rings. The van der Waals surface area contributed by atoms with Gasteiger partial charge in [-0.25, -0.2) is 0 Å². The number of methoxy groups -OCH3 is 1. The number of carbonyl (C=O) groups excluding carboxylic acids is 3. The summed E-state index contributed by atoms with van der Waals surface area (Å²) in [4.78, 5) is 42.4. The lowest BCUT2D eigenvalue weighted by Gasteiger charge is -2.39. The van der Waals surface area contributed by atoms with Crippen molar-refractivity contribution < 1.29 is 33.3 Å². The first-order chi connectivity index (χ1) is 18.7. The number of hydrogen-bond acceptors (Lipinski definition) is 7. The average molecular weight is 540 g/mol. The molecular weight excluding hydrogens is 502 g/mol. The number of likely N-dealkylation sites (N-methyl/N-ethyl adjacent to an activating group) is 1. The molecule has 0 saturated carbocycles. The van der Waals surface area contributed by atoms with Crippen molar-refractivity contribution in [2.45, 2.75) is 52.0 Å². The topological polar surface area (TPSA) is 107 Å². The van der Waals surface area contributed by atoms with Crippen LogP contribution in [-0.4, -0.2) is 85.7 Å². The maximum atomic E-state index is 13.5. The Hall–Kier alpha value is -3.63. The molecule has 4 rings (SSSR count). The highest BCUT2D eigenvalue weighted by Crippen LogP contribution is 2.30. The van der Waals surface area contributed by atoms with Crippen LogP contribution >= 0.6 is 0 Å². The predicted octanol–water partition coefficient (Wildman–Crippen LogP) is 2.99. The molecule has 2 heterocycles. The van der Waals surface area contributed by atoms with Gasteiger partial charge in [0.05, 0.1) is 31.4 Å². The molecule has 0 unspecified atom stereocenters. The number of nitrogens with one attached hydrogen (secondary N) is 1. The number of nitrogens with zero attached hydrogens (tertiary/aromatic N) is 2. The van der Waals surface area contributed by atoms with Gasteiger partial charge in [-0.2, -0.15) is 0 Å². The second-order valence-corrected chi connectivity index (χ2v) is 10.0. The zero-order chi connectivity index (χ0) is 27.9. The molecule has 1 fully saturated rings. The number of fused-ring (bicyclic) bond motifs is 5. The minimum atomic E-state index is -0.442. The maximum Gasteiger partial charge on any atom is 0.254 e. The second-order valence-electron chi connectivity index (χ2n) is 10.0. The SMILES string of the molecule is CCN1CC(=O)N[C@H]2CN(C(=O)COC)CC[C@@H]2OCc2cccc(c2)Oc2cc(OC(C)C)cc(c2)C1=O. The Morgan fingerprint density at radius 2 is 1.97 bits per heavy atom. The van der Waals surface area contributed by atoms with Crippen molar-refractivity contribution >= 4 is 17.7 Å². The monoisotopic (exact) mass is 539 g/mol. The Balaban J connectivity index is 1.67. The first-order valence-corrected chi connectivity index (χ1v) is 13.3. The van der Waals surface area contributed by atoms with Crippen LogP contribution in [-0.2, 0) is 25.7 Å². The van der Waals surface area contributed by atoms with Crippen molar-refractivity contribution in [3.63, 3.8) is 0 Å². The number of rotatable bonds is 5. The summed E-state index contributed by atoms with van der Waals surface area (Å²) >= 11 is 0. The van der Waals surface area contributed by atoms with Crippen LogP contribution in [0.15, 0.2) is 42.5 Å². The largest absolute Gasteiger partial charge is 0.491 e. The van der Waals surface area contributed by atoms with E-state index in [2.05, 4.69) is 5.32 Å². The summed E-state index contributed by atoms with van der Waals surface area (Å²) in [6.07, 6.45) is 0.136. The Morgan fingerprint density at radius 3 is 2.72 bits per heavy atom. The summed E-state index contributed by atoms with van der Waals surface area (Å²) in [5.74, 6) is 0.756. The molecule has 0 radical (unpaired) electrons. The molecule has 0 aromatic heterocycles. The summed E-state index contributed by atoms with van der Waals surface area (Å²) in [7, 11) is 1.48. The molecule has 0 spiro atoms. The Bertz CT molecular complexity index is 1190. The van der Waals surface area contributed by atoms with Crippen molar-refractivity contribution in [1.29, 1.82) is 0 Å². The van der Waals surface area contributed by atoms with Crippen LogP contribution in [0.5, 0.6) is 17.2 Å². The standard InChI is InChI=1S/C29H37N3O7/c1-5-31-16-27(33)30-25-15-32(28(34)18-36-4)10-9-26(25)37-17-20-7-6-8-22(11-20)39-24-13-21(29(31)35)12-23(14-24)38-19(2)3/h6-8,11-14,19,25-26H,5,9-10,15-18H2,1-4H3,(H,30,33)/t25-,26-/m0/s1. The molecule has 39 heavy (non-hydrogen) atoms. The van der Waals surface area contributed by atoms with E-state index in [0.717, 1.165) is 5.56 Å². The Labute approximate surface area is 229 Å². The Kier molecular flexibility index (Phi) is 9.42. The molecule has 2 aliphatic rings. The molecule has 210 valence electrons. The van der Waals surface area contributed by atoms with Gasteiger partial charge in [0, 0.05) is 38.4 Å². The van der Waals surface area contributed by atoms with Crippen molar-refractivity contribution in [3.05, 3.63) is 53.6 Å². The lowest BCUT2D eigenvalue weighted by Crippen LogP contribution is -2.58. The minimum Gasteiger partial charge on any atom is -0.491 e. The number of amides is 3. The first-order valence-electron chi connectivity index (χ1n) is 13.3. The summed E-state index contributed by atoms with van der Waals surface area (Å²) in [6, 6.07) is 12.2. The van der Waals surface area contributed by atoms with Crippen LogP contribution in [0.1, 0.15) is 43.1 Å². The van der Waals surface area contributed by atoms with Gasteiger partial charge in [-0.3, -0.25) is 14.4 Å². The van der Waals surface area contributed by atoms with E-state index in [1.807, 2.05) is 45.0 Å². The summed E-state index contributed by atoms with van der Waals surface area (Å²) in [6.45, 7) is 6.87. The molecule has 2 aromatic carbocycles. The van der Waals surface area contributed by atoms with E-state index in [1.54, 1.807) is 23.1 Å². The third-order valence-corrected chi connectivity index (χ3v) is 6.62. The number of likely N-dealkylation sites (tertiary alicyclic amines) is 1. The number of carbonyl (C=O) groups is 3. The van der Waals surface area contributed by atoms with E-state index < -0.39 is 6.04 Å². The van der Waals surface area contributed by atoms with E-state index in [4.69, 9.17) is 18.9 Å². The Morgan fingerprint density at radius 1 is 1.15 bits per heavy atom. The zero-order valence-electron chi connectivity index (χ0n) is 23.0. The lowest BCUT2D eigenvalue weighted by molar-refractivity contribution is -0.140. The van der Waals surface area contributed by atoms with Crippen molar-refractivity contribution in [3.8, 4) is 17.2 Å². The maximum absolute atomic E-state index is 13.5. The van der Waals surface area contributed by atoms with Gasteiger partial charge >= 0.3 is 0 Å². The summed E-state index contributed by atoms with van der Waals surface area (Å²) in [5.41, 5.74) is 1.25. The van der Waals surface area contributed by atoms with E-state index in [9.17, 15) is 14.4 Å². The summed E-state index contributed by atoms with van der Waals surface area (Å²) in [5, 5.41) is 3.02. The van der Waals surface area contributed by atoms with Gasteiger partial charge in [-0.15, -0.1) is 0 Å². The molecule has 1 saturated heterocycles. The predicted molar refractivity (Wildman–Crippen MR) is 144 cm³/mol. The van der Waals surface area contributed by atoms with Gasteiger partial charge in [0.2, 0.25) is 11.8 Å². The van der Waals surface area contributed by atoms with E-state index in [-0.39, 0.29) is 43.1 Å². The molecule has 10 nitrogen and oxygen atoms in total. The zero-order valence-corrected chi connectivity index (χ0v) is 23.0. The molecular formula is C29H37N3O7. The highest BCUT2D eigenvalue weighted by Gasteiger charge is 2.34. The summed E-state index contributed by atoms with van der Waals surface area (Å²) < 4.78 is 23.3. The highest BCUT2D eigenvalue weighted by atomic mass is 16.5. The minimum absolute atomic E-state index is 0.0291. The quantitative estimate of drug-likeness (QED) is 0.623. The van der Waals surface area contributed by atoms with E-state index >= 15 is 0 Å². The molecule has 0 aliphatic carbocycles. The lowest BCUT2D eigenvalue weighted by atomic mass is 10.0. The van der Waals surface area contributed by atoms with E-state index in [0.29, 0.717) is 55.5 Å². The number of ether oxygens (including phenoxy) is 4. The van der Waals surface area contributed by atoms with Crippen LogP contribution < -0.4 is 14.8 Å². The number of hydrogen-bond donors (Lipinski definition) is 1. The van der Waals surface area contributed by atoms with Gasteiger partial charge < -0.3 is 34.1 Å². The van der Waals surface area contributed by atoms with Crippen molar-refractivity contribution in [2.75, 3.05) is 39.9 Å². The van der Waals surface area contributed by atoms with Gasteiger partial charge in [0.15, 0.2) is 0 Å². The molecule has 2 aliphatic heterocycles. The second kappa shape index (κ2) is 12.9.